The molecule has 1 heteroatoms. The molecule has 0 aromatic carbocycles. The third-order valence-corrected chi connectivity index (χ3v) is 2.23. The molecular weight excluding hydrogens is 152 g/mol. The van der Waals surface area contributed by atoms with Crippen molar-refractivity contribution in [1.29, 1.82) is 0 Å². The van der Waals surface area contributed by atoms with Gasteiger partial charge in [0.2, 0.25) is 0 Å². The van der Waals surface area contributed by atoms with E-state index in [1.165, 1.54) is 6.42 Å². The Kier molecular flexibility index (Phi) is 7.95. The molecule has 1 unspecified atom stereocenters. The van der Waals surface area contributed by atoms with E-state index < -0.39 is 0 Å². The zero-order valence-corrected chi connectivity index (χ0v) is 8.34. The van der Waals surface area contributed by atoms with Crippen LogP contribution in [0.2, 0.25) is 0 Å². The average molecular weight is 169 g/mol. The Morgan fingerprint density at radius 3 is 2.73 bits per heavy atom. The van der Waals surface area contributed by atoms with Gasteiger partial charge in [-0.25, -0.2) is 0 Å². The van der Waals surface area contributed by atoms with E-state index in [2.05, 4.69) is 32.6 Å². The van der Waals surface area contributed by atoms with Crippen molar-refractivity contribution in [2.75, 3.05) is 11.5 Å². The molecule has 0 aliphatic rings. The van der Waals surface area contributed by atoms with Crippen molar-refractivity contribution in [3.05, 3.63) is 6.92 Å². The van der Waals surface area contributed by atoms with E-state index in [1.54, 1.807) is 11.8 Å². The third-order valence-electron chi connectivity index (χ3n) is 1.59. The summed E-state index contributed by atoms with van der Waals surface area (Å²) in [5.41, 5.74) is 0. The van der Waals surface area contributed by atoms with Crippen LogP contribution in [-0.4, -0.2) is 11.5 Å². The first-order valence-electron chi connectivity index (χ1n) is 4.14. The van der Waals surface area contributed by atoms with Crippen LogP contribution in [0.25, 0.3) is 0 Å². The molecule has 0 aromatic rings. The highest BCUT2D eigenvalue weighted by atomic mass is 32.2. The van der Waals surface area contributed by atoms with E-state index in [4.69, 9.17) is 0 Å². The molecule has 0 saturated heterocycles. The molecule has 1 radical (unpaired) electrons. The molecule has 0 heterocycles. The first-order chi connectivity index (χ1) is 5.31. The van der Waals surface area contributed by atoms with Crippen molar-refractivity contribution in [3.63, 3.8) is 0 Å². The van der Waals surface area contributed by atoms with E-state index in [0.29, 0.717) is 0 Å². The highest BCUT2D eigenvalue weighted by Crippen LogP contribution is 2.04. The van der Waals surface area contributed by atoms with E-state index in [-0.39, 0.29) is 0 Å². The van der Waals surface area contributed by atoms with Crippen LogP contribution in [0.5, 0.6) is 0 Å². The normalized spacial score (nSPS) is 11.9. The molecule has 0 aromatic heterocycles. The highest BCUT2D eigenvalue weighted by Gasteiger charge is 1.92. The second kappa shape index (κ2) is 8.01. The predicted octanol–water partition coefficient (Wildman–Crippen LogP) is 2.99. The molecule has 0 rings (SSSR count). The second-order valence-electron chi connectivity index (χ2n) is 2.62. The van der Waals surface area contributed by atoms with Gasteiger partial charge in [0.1, 0.15) is 0 Å². The lowest BCUT2D eigenvalue weighted by Gasteiger charge is -1.99. The van der Waals surface area contributed by atoms with Crippen molar-refractivity contribution in [2.45, 2.75) is 26.7 Å². The van der Waals surface area contributed by atoms with Crippen LogP contribution in [0.3, 0.4) is 0 Å². The molecule has 0 spiro atoms. The molecule has 11 heavy (non-hydrogen) atoms. The number of rotatable bonds is 4. The predicted molar refractivity (Wildman–Crippen MR) is 54.5 cm³/mol. The summed E-state index contributed by atoms with van der Waals surface area (Å²) in [7, 11) is 0. The van der Waals surface area contributed by atoms with Crippen molar-refractivity contribution < 1.29 is 0 Å². The molecule has 0 fully saturated rings. The fourth-order valence-corrected chi connectivity index (χ4v) is 0.913. The van der Waals surface area contributed by atoms with Gasteiger partial charge in [0.05, 0.1) is 5.75 Å². The molecule has 0 aliphatic heterocycles. The number of hydrogen-bond acceptors (Lipinski definition) is 1. The molecule has 0 amide bonds. The molecule has 0 nitrogen and oxygen atoms in total. The number of thioether (sulfide) groups is 1. The van der Waals surface area contributed by atoms with Gasteiger partial charge in [-0.15, -0.1) is 17.7 Å². The summed E-state index contributed by atoms with van der Waals surface area (Å²) >= 11 is 1.78. The minimum absolute atomic E-state index is 0.757. The summed E-state index contributed by atoms with van der Waals surface area (Å²) in [6.07, 6.45) is 2.28. The monoisotopic (exact) mass is 169 g/mol. The molecule has 0 N–H and O–H groups in total. The van der Waals surface area contributed by atoms with Gasteiger partial charge < -0.3 is 0 Å². The fraction of sp³-hybridized carbons (Fsp3) is 0.700. The first kappa shape index (κ1) is 10.9. The SMILES string of the molecule is [CH2]CSCC#CCC(C)CC. The Balaban J connectivity index is 3.24. The zero-order chi connectivity index (χ0) is 8.53. The van der Waals surface area contributed by atoms with Crippen LogP contribution in [-0.2, 0) is 0 Å². The van der Waals surface area contributed by atoms with Crippen LogP contribution in [0.4, 0.5) is 0 Å². The largest absolute Gasteiger partial charge is 0.149 e. The maximum Gasteiger partial charge on any atom is 0.0547 e. The van der Waals surface area contributed by atoms with Gasteiger partial charge in [-0.3, -0.25) is 0 Å². The Morgan fingerprint density at radius 2 is 2.18 bits per heavy atom. The average Bonchev–Trinajstić information content (AvgIpc) is 2.04. The van der Waals surface area contributed by atoms with Gasteiger partial charge in [-0.1, -0.05) is 26.2 Å². The summed E-state index contributed by atoms with van der Waals surface area (Å²) in [5, 5.41) is 0. The molecule has 0 bridgehead atoms. The summed E-state index contributed by atoms with van der Waals surface area (Å²) in [4.78, 5) is 0. The second-order valence-corrected chi connectivity index (χ2v) is 3.73. The van der Waals surface area contributed by atoms with Gasteiger partial charge in [0.15, 0.2) is 0 Å². The highest BCUT2D eigenvalue weighted by molar-refractivity contribution is 7.99. The molecule has 0 saturated carbocycles. The number of hydrogen-bond donors (Lipinski definition) is 0. The summed E-state index contributed by atoms with van der Waals surface area (Å²) < 4.78 is 0. The topological polar surface area (TPSA) is 0 Å². The van der Waals surface area contributed by atoms with Gasteiger partial charge in [-0.2, -0.15) is 0 Å². The van der Waals surface area contributed by atoms with E-state index in [0.717, 1.165) is 23.8 Å². The zero-order valence-electron chi connectivity index (χ0n) is 7.52. The van der Waals surface area contributed by atoms with E-state index in [9.17, 15) is 0 Å². The van der Waals surface area contributed by atoms with Gasteiger partial charge in [0.25, 0.3) is 0 Å². The summed E-state index contributed by atoms with van der Waals surface area (Å²) in [6.45, 7) is 8.17. The van der Waals surface area contributed by atoms with Gasteiger partial charge in [-0.05, 0) is 18.6 Å². The Labute approximate surface area is 75.1 Å². The van der Waals surface area contributed by atoms with E-state index >= 15 is 0 Å². The van der Waals surface area contributed by atoms with Crippen LogP contribution in [0.1, 0.15) is 26.7 Å². The molecule has 63 valence electrons. The maximum atomic E-state index is 3.73. The molecule has 0 aliphatic carbocycles. The summed E-state index contributed by atoms with van der Waals surface area (Å²) in [6, 6.07) is 0. The smallest absolute Gasteiger partial charge is 0.0547 e. The van der Waals surface area contributed by atoms with Crippen molar-refractivity contribution in [2.24, 2.45) is 5.92 Å². The van der Waals surface area contributed by atoms with Gasteiger partial charge in [0, 0.05) is 6.42 Å². The Morgan fingerprint density at radius 1 is 1.45 bits per heavy atom. The summed E-state index contributed by atoms with van der Waals surface area (Å²) in [5.74, 6) is 8.93. The first-order valence-corrected chi connectivity index (χ1v) is 5.29. The standard InChI is InChI=1S/C10H17S/c1-4-10(3)8-6-7-9-11-5-2/h10H,2,4-5,8-9H2,1,3H3. The van der Waals surface area contributed by atoms with Crippen molar-refractivity contribution in [1.82, 2.24) is 0 Å². The van der Waals surface area contributed by atoms with Crippen LogP contribution in [0, 0.1) is 24.7 Å². The van der Waals surface area contributed by atoms with Crippen LogP contribution in [0.15, 0.2) is 0 Å². The fourth-order valence-electron chi connectivity index (χ4n) is 0.565. The van der Waals surface area contributed by atoms with Crippen LogP contribution >= 0.6 is 11.8 Å². The molecular formula is C10H17S. The lowest BCUT2D eigenvalue weighted by Crippen LogP contribution is -1.88. The Bertz CT molecular complexity index is 130. The minimum atomic E-state index is 0.757. The lowest BCUT2D eigenvalue weighted by atomic mass is 10.1. The molecule has 1 atom stereocenters. The van der Waals surface area contributed by atoms with Crippen molar-refractivity contribution in [3.8, 4) is 11.8 Å². The quantitative estimate of drug-likeness (QED) is 0.460. The van der Waals surface area contributed by atoms with Gasteiger partial charge >= 0.3 is 0 Å². The van der Waals surface area contributed by atoms with Crippen LogP contribution < -0.4 is 0 Å². The lowest BCUT2D eigenvalue weighted by molar-refractivity contribution is 0.580. The minimum Gasteiger partial charge on any atom is -0.149 e. The van der Waals surface area contributed by atoms with E-state index in [1.807, 2.05) is 0 Å². The third kappa shape index (κ3) is 7.81. The Hall–Kier alpha value is -0.0900. The maximum absolute atomic E-state index is 3.73. The van der Waals surface area contributed by atoms with Crippen molar-refractivity contribution >= 4 is 11.8 Å².